The summed E-state index contributed by atoms with van der Waals surface area (Å²) in [5.74, 6) is -1.86. The Morgan fingerprint density at radius 3 is 2.59 bits per heavy atom. The Morgan fingerprint density at radius 1 is 1.26 bits per heavy atom. The van der Waals surface area contributed by atoms with Crippen molar-refractivity contribution in [2.75, 3.05) is 19.0 Å². The highest BCUT2D eigenvalue weighted by Gasteiger charge is 2.54. The van der Waals surface area contributed by atoms with Crippen molar-refractivity contribution in [2.45, 2.75) is 63.0 Å². The Labute approximate surface area is 202 Å². The molecule has 10 nitrogen and oxygen atoms in total. The number of carbonyl (C=O) groups is 4. The van der Waals surface area contributed by atoms with Crippen molar-refractivity contribution < 1.29 is 38.5 Å². The fourth-order valence-corrected chi connectivity index (χ4v) is 4.77. The fourth-order valence-electron chi connectivity index (χ4n) is 3.50. The number of thioether (sulfide) groups is 1. The predicted octanol–water partition coefficient (Wildman–Crippen LogP) is 0.860. The number of nitrogens with one attached hydrogen (secondary N) is 1. The van der Waals surface area contributed by atoms with Gasteiger partial charge in [-0.25, -0.2) is 4.79 Å². The summed E-state index contributed by atoms with van der Waals surface area (Å²) in [6, 6.07) is 7.68. The number of nitrogens with zero attached hydrogens (tertiary/aromatic N) is 1. The van der Waals surface area contributed by atoms with Gasteiger partial charge in [0.1, 0.15) is 28.9 Å². The number of aliphatic hydroxyl groups is 1. The third-order valence-electron chi connectivity index (χ3n) is 5.08. The molecule has 186 valence electrons. The number of hydrogen-bond acceptors (Lipinski definition) is 9. The van der Waals surface area contributed by atoms with Gasteiger partial charge in [0.15, 0.2) is 12.4 Å². The molecule has 0 bridgehead atoms. The van der Waals surface area contributed by atoms with Gasteiger partial charge in [-0.15, -0.1) is 11.8 Å². The molecule has 3 rings (SSSR count). The Balaban J connectivity index is 1.64. The number of ether oxygens (including phenoxy) is 3. The van der Waals surface area contributed by atoms with Gasteiger partial charge in [-0.2, -0.15) is 0 Å². The lowest BCUT2D eigenvalue weighted by Crippen LogP contribution is -2.73. The lowest BCUT2D eigenvalue weighted by molar-refractivity contribution is -0.189. The number of para-hydroxylation sites is 1. The SMILES string of the molecule is CC(C)(C)OC(=O)C(O)N1C(=O)[C@@H](NC(=O)COc2ccccc2)[C@H]1SCC(=O)C1CCCO1. The number of likely N-dealkylation sites (tertiary alicyclic amines) is 1. The van der Waals surface area contributed by atoms with Crippen LogP contribution in [0.15, 0.2) is 30.3 Å². The number of Topliss-reactive ketones (excluding diaryl/α,β-unsaturated/α-hetero) is 1. The minimum Gasteiger partial charge on any atom is -0.484 e. The number of esters is 1. The van der Waals surface area contributed by atoms with E-state index in [-0.39, 0.29) is 18.1 Å². The molecule has 2 saturated heterocycles. The van der Waals surface area contributed by atoms with Crippen molar-refractivity contribution in [1.82, 2.24) is 10.2 Å². The summed E-state index contributed by atoms with van der Waals surface area (Å²) in [5, 5.41) is 12.2. The molecule has 0 aliphatic carbocycles. The monoisotopic (exact) mass is 494 g/mol. The second-order valence-corrected chi connectivity index (χ2v) is 10.1. The largest absolute Gasteiger partial charge is 0.484 e. The van der Waals surface area contributed by atoms with Crippen LogP contribution >= 0.6 is 11.8 Å². The summed E-state index contributed by atoms with van der Waals surface area (Å²) < 4.78 is 16.0. The molecule has 11 heteroatoms. The van der Waals surface area contributed by atoms with Crippen molar-refractivity contribution in [2.24, 2.45) is 0 Å². The van der Waals surface area contributed by atoms with Crippen molar-refractivity contribution in [3.63, 3.8) is 0 Å². The minimum absolute atomic E-state index is 0.00691. The van der Waals surface area contributed by atoms with E-state index in [9.17, 15) is 24.3 Å². The van der Waals surface area contributed by atoms with E-state index < -0.39 is 47.1 Å². The van der Waals surface area contributed by atoms with Crippen LogP contribution in [0.5, 0.6) is 5.75 Å². The molecule has 0 radical (unpaired) electrons. The molecule has 0 aromatic heterocycles. The zero-order chi connectivity index (χ0) is 24.9. The van der Waals surface area contributed by atoms with Crippen LogP contribution in [0.25, 0.3) is 0 Å². The Bertz CT molecular complexity index is 898. The summed E-state index contributed by atoms with van der Waals surface area (Å²) in [6.07, 6.45) is -0.938. The number of ketones is 1. The number of aliphatic hydroxyl groups excluding tert-OH is 1. The molecule has 2 unspecified atom stereocenters. The first kappa shape index (κ1) is 26.0. The highest BCUT2D eigenvalue weighted by molar-refractivity contribution is 8.00. The summed E-state index contributed by atoms with van der Waals surface area (Å²) >= 11 is 1.05. The molecule has 4 atom stereocenters. The summed E-state index contributed by atoms with van der Waals surface area (Å²) in [5.41, 5.74) is -0.868. The molecule has 2 aliphatic heterocycles. The zero-order valence-electron chi connectivity index (χ0n) is 19.4. The van der Waals surface area contributed by atoms with Crippen LogP contribution in [0.1, 0.15) is 33.6 Å². The number of amides is 2. The number of benzene rings is 1. The Morgan fingerprint density at radius 2 is 1.97 bits per heavy atom. The quantitative estimate of drug-likeness (QED) is 0.359. The van der Waals surface area contributed by atoms with E-state index in [0.29, 0.717) is 18.8 Å². The minimum atomic E-state index is -1.87. The molecule has 2 amide bonds. The van der Waals surface area contributed by atoms with E-state index >= 15 is 0 Å². The maximum Gasteiger partial charge on any atom is 0.357 e. The van der Waals surface area contributed by atoms with Gasteiger partial charge >= 0.3 is 5.97 Å². The summed E-state index contributed by atoms with van der Waals surface area (Å²) in [6.45, 7) is 5.11. The van der Waals surface area contributed by atoms with Gasteiger partial charge in [0.25, 0.3) is 11.8 Å². The molecule has 34 heavy (non-hydrogen) atoms. The normalized spacial score (nSPS) is 23.1. The molecule has 2 fully saturated rings. The molecule has 2 aliphatic rings. The van der Waals surface area contributed by atoms with E-state index in [1.54, 1.807) is 45.0 Å². The van der Waals surface area contributed by atoms with Crippen molar-refractivity contribution in [1.29, 1.82) is 0 Å². The molecule has 2 heterocycles. The number of rotatable bonds is 10. The third-order valence-corrected chi connectivity index (χ3v) is 6.37. The van der Waals surface area contributed by atoms with Gasteiger partial charge in [0, 0.05) is 6.61 Å². The van der Waals surface area contributed by atoms with Crippen LogP contribution in [0.3, 0.4) is 0 Å². The van der Waals surface area contributed by atoms with E-state index in [0.717, 1.165) is 23.1 Å². The average molecular weight is 495 g/mol. The van der Waals surface area contributed by atoms with Gasteiger partial charge < -0.3 is 24.6 Å². The second-order valence-electron chi connectivity index (χ2n) is 8.97. The van der Waals surface area contributed by atoms with Gasteiger partial charge in [0.2, 0.25) is 6.23 Å². The molecule has 2 N–H and O–H groups in total. The molecule has 1 aromatic rings. The molecule has 0 saturated carbocycles. The topological polar surface area (TPSA) is 131 Å². The first-order chi connectivity index (χ1) is 16.1. The van der Waals surface area contributed by atoms with Crippen LogP contribution < -0.4 is 10.1 Å². The fraction of sp³-hybridized carbons (Fsp3) is 0.565. The first-order valence-corrected chi connectivity index (χ1v) is 12.1. The second kappa shape index (κ2) is 11.2. The maximum absolute atomic E-state index is 12.8. The first-order valence-electron chi connectivity index (χ1n) is 11.0. The number of β-lactam (4-membered cyclic amide) rings is 1. The smallest absolute Gasteiger partial charge is 0.357 e. The van der Waals surface area contributed by atoms with E-state index in [1.165, 1.54) is 0 Å². The maximum atomic E-state index is 12.8. The molecular weight excluding hydrogens is 464 g/mol. The van der Waals surface area contributed by atoms with Crippen LogP contribution in [0.2, 0.25) is 0 Å². The van der Waals surface area contributed by atoms with Gasteiger partial charge in [-0.1, -0.05) is 18.2 Å². The van der Waals surface area contributed by atoms with Gasteiger partial charge in [-0.3, -0.25) is 19.3 Å². The van der Waals surface area contributed by atoms with Crippen molar-refractivity contribution >= 4 is 35.3 Å². The van der Waals surface area contributed by atoms with E-state index in [4.69, 9.17) is 14.2 Å². The lowest BCUT2D eigenvalue weighted by Gasteiger charge is -2.48. The zero-order valence-corrected chi connectivity index (χ0v) is 20.2. The number of hydrogen-bond donors (Lipinski definition) is 2. The van der Waals surface area contributed by atoms with Gasteiger partial charge in [0.05, 0.1) is 5.75 Å². The highest BCUT2D eigenvalue weighted by Crippen LogP contribution is 2.33. The van der Waals surface area contributed by atoms with Crippen LogP contribution in [-0.2, 0) is 28.7 Å². The standard InChI is InChI=1S/C23H30N2O8S/c1-23(2,3)33-22(30)20(29)25-19(28)18(21(25)34-13-15(26)16-10-7-11-31-16)24-17(27)12-32-14-8-5-4-6-9-14/h4-6,8-9,16,18,20-21,29H,7,10-13H2,1-3H3,(H,24,27)/t16?,18-,20?,21-/m1/s1. The van der Waals surface area contributed by atoms with Crippen LogP contribution in [-0.4, -0.2) is 81.9 Å². The van der Waals surface area contributed by atoms with E-state index in [2.05, 4.69) is 5.32 Å². The van der Waals surface area contributed by atoms with Gasteiger partial charge in [-0.05, 0) is 45.7 Å². The van der Waals surface area contributed by atoms with E-state index in [1.807, 2.05) is 6.07 Å². The van der Waals surface area contributed by atoms with Crippen molar-refractivity contribution in [3.05, 3.63) is 30.3 Å². The highest BCUT2D eigenvalue weighted by atomic mass is 32.2. The Kier molecular flexibility index (Phi) is 8.56. The Hall–Kier alpha value is -2.63. The number of carbonyl (C=O) groups excluding carboxylic acids is 4. The van der Waals surface area contributed by atoms with Crippen LogP contribution in [0.4, 0.5) is 0 Å². The molecule has 1 aromatic carbocycles. The third kappa shape index (κ3) is 6.71. The van der Waals surface area contributed by atoms with Crippen LogP contribution in [0, 0.1) is 0 Å². The lowest BCUT2D eigenvalue weighted by atomic mass is 10.1. The molecular formula is C23H30N2O8S. The average Bonchev–Trinajstić information content (AvgIpc) is 3.33. The van der Waals surface area contributed by atoms with Crippen molar-refractivity contribution in [3.8, 4) is 5.75 Å². The molecule has 0 spiro atoms. The summed E-state index contributed by atoms with van der Waals surface area (Å²) in [4.78, 5) is 50.9. The predicted molar refractivity (Wildman–Crippen MR) is 123 cm³/mol. The summed E-state index contributed by atoms with van der Waals surface area (Å²) in [7, 11) is 0.